The molecule has 1 unspecified atom stereocenters. The van der Waals surface area contributed by atoms with E-state index < -0.39 is 0 Å². The molecule has 7 heteroatoms. The second-order valence-corrected chi connectivity index (χ2v) is 6.21. The van der Waals surface area contributed by atoms with Gasteiger partial charge in [0.15, 0.2) is 0 Å². The van der Waals surface area contributed by atoms with E-state index in [1.807, 2.05) is 18.2 Å². The molecule has 1 aromatic carbocycles. The molecule has 132 valence electrons. The van der Waals surface area contributed by atoms with Crippen molar-refractivity contribution in [2.24, 2.45) is 0 Å². The van der Waals surface area contributed by atoms with Gasteiger partial charge in [-0.25, -0.2) is 0 Å². The molecule has 2 saturated heterocycles. The topological polar surface area (TPSA) is 61.7 Å². The first-order valence-corrected chi connectivity index (χ1v) is 8.31. The number of hydrogen-bond donors (Lipinski definition) is 1. The third-order valence-corrected chi connectivity index (χ3v) is 4.71. The van der Waals surface area contributed by atoms with Gasteiger partial charge in [0.25, 0.3) is 5.69 Å². The van der Waals surface area contributed by atoms with E-state index in [4.69, 9.17) is 0 Å². The van der Waals surface area contributed by atoms with Crippen LogP contribution in [0.1, 0.15) is 12.0 Å². The van der Waals surface area contributed by atoms with Crippen LogP contribution in [0.15, 0.2) is 30.3 Å². The van der Waals surface area contributed by atoms with Gasteiger partial charge in [0.05, 0.1) is 10.5 Å². The standard InChI is InChI=1S/C17H24N4O2.ClH/c22-21(23)17-6-2-1-4-15(17)5-3-10-19-11-7-16(14-19)20-12-8-18-9-13-20;/h1-6,16,18H,7-14H2;1H/b5-3+;. The number of nitrogens with one attached hydrogen (secondary N) is 1. The molecule has 0 spiro atoms. The highest BCUT2D eigenvalue weighted by molar-refractivity contribution is 5.85. The van der Waals surface area contributed by atoms with Crippen LogP contribution in [0.4, 0.5) is 5.69 Å². The van der Waals surface area contributed by atoms with Crippen molar-refractivity contribution in [2.75, 3.05) is 45.8 Å². The number of nitrogens with zero attached hydrogens (tertiary/aromatic N) is 3. The lowest BCUT2D eigenvalue weighted by molar-refractivity contribution is -0.385. The van der Waals surface area contributed by atoms with Gasteiger partial charge in [-0.2, -0.15) is 0 Å². The smallest absolute Gasteiger partial charge is 0.276 e. The Bertz CT molecular complexity index is 575. The van der Waals surface area contributed by atoms with Crippen LogP contribution in [-0.2, 0) is 0 Å². The fraction of sp³-hybridized carbons (Fsp3) is 0.529. The number of halogens is 1. The van der Waals surface area contributed by atoms with Crippen molar-refractivity contribution >= 4 is 24.2 Å². The molecule has 0 aromatic heterocycles. The molecule has 3 rings (SSSR count). The van der Waals surface area contributed by atoms with Crippen molar-refractivity contribution in [1.82, 2.24) is 15.1 Å². The first-order valence-electron chi connectivity index (χ1n) is 8.31. The molecule has 1 atom stereocenters. The van der Waals surface area contributed by atoms with Gasteiger partial charge in [0.2, 0.25) is 0 Å². The molecule has 1 N–H and O–H groups in total. The van der Waals surface area contributed by atoms with Crippen LogP contribution in [0, 0.1) is 10.1 Å². The van der Waals surface area contributed by atoms with Crippen LogP contribution in [0.3, 0.4) is 0 Å². The molecule has 0 aliphatic carbocycles. The van der Waals surface area contributed by atoms with Crippen molar-refractivity contribution in [3.05, 3.63) is 46.0 Å². The third-order valence-electron chi connectivity index (χ3n) is 4.71. The van der Waals surface area contributed by atoms with E-state index in [2.05, 4.69) is 15.1 Å². The quantitative estimate of drug-likeness (QED) is 0.649. The zero-order valence-electron chi connectivity index (χ0n) is 13.8. The molecule has 2 aliphatic heterocycles. The minimum Gasteiger partial charge on any atom is -0.314 e. The summed E-state index contributed by atoms with van der Waals surface area (Å²) < 4.78 is 0. The monoisotopic (exact) mass is 352 g/mol. The molecule has 0 saturated carbocycles. The van der Waals surface area contributed by atoms with Gasteiger partial charge < -0.3 is 5.32 Å². The van der Waals surface area contributed by atoms with Crippen molar-refractivity contribution in [3.63, 3.8) is 0 Å². The van der Waals surface area contributed by atoms with Gasteiger partial charge in [0.1, 0.15) is 0 Å². The SMILES string of the molecule is Cl.O=[N+]([O-])c1ccccc1/C=C/CN1CCC(N2CCNCC2)C1. The Kier molecular flexibility index (Phi) is 7.17. The molecule has 0 radical (unpaired) electrons. The largest absolute Gasteiger partial charge is 0.314 e. The summed E-state index contributed by atoms with van der Waals surface area (Å²) in [5.41, 5.74) is 0.846. The normalized spacial score (nSPS) is 22.6. The van der Waals surface area contributed by atoms with E-state index in [1.54, 1.807) is 18.2 Å². The lowest BCUT2D eigenvalue weighted by Crippen LogP contribution is -2.49. The maximum Gasteiger partial charge on any atom is 0.276 e. The Morgan fingerprint density at radius 2 is 2.00 bits per heavy atom. The molecule has 24 heavy (non-hydrogen) atoms. The maximum atomic E-state index is 11.0. The summed E-state index contributed by atoms with van der Waals surface area (Å²) in [5.74, 6) is 0. The summed E-state index contributed by atoms with van der Waals surface area (Å²) in [6, 6.07) is 7.55. The van der Waals surface area contributed by atoms with E-state index in [0.717, 1.165) is 45.8 Å². The fourth-order valence-corrected chi connectivity index (χ4v) is 3.45. The van der Waals surface area contributed by atoms with Crippen LogP contribution >= 0.6 is 12.4 Å². The second-order valence-electron chi connectivity index (χ2n) is 6.21. The molecule has 6 nitrogen and oxygen atoms in total. The minimum atomic E-state index is -0.323. The number of para-hydroxylation sites is 1. The van der Waals surface area contributed by atoms with Crippen LogP contribution in [-0.4, -0.2) is 66.6 Å². The predicted octanol–water partition coefficient (Wildman–Crippen LogP) is 2.01. The Hall–Kier alpha value is -1.47. The average Bonchev–Trinajstić information content (AvgIpc) is 3.05. The number of benzene rings is 1. The summed E-state index contributed by atoms with van der Waals surface area (Å²) in [7, 11) is 0. The molecule has 0 bridgehead atoms. The zero-order valence-corrected chi connectivity index (χ0v) is 14.6. The number of hydrogen-bond acceptors (Lipinski definition) is 5. The average molecular weight is 353 g/mol. The van der Waals surface area contributed by atoms with E-state index in [-0.39, 0.29) is 23.0 Å². The molecule has 2 heterocycles. The fourth-order valence-electron chi connectivity index (χ4n) is 3.45. The van der Waals surface area contributed by atoms with Gasteiger partial charge in [-0.15, -0.1) is 12.4 Å². The van der Waals surface area contributed by atoms with Crippen LogP contribution in [0.2, 0.25) is 0 Å². The molecular formula is C17H25ClN4O2. The number of likely N-dealkylation sites (tertiary alicyclic amines) is 1. The Labute approximate surface area is 149 Å². The van der Waals surface area contributed by atoms with Crippen LogP contribution in [0.5, 0.6) is 0 Å². The van der Waals surface area contributed by atoms with E-state index in [1.165, 1.54) is 6.42 Å². The van der Waals surface area contributed by atoms with Gasteiger partial charge >= 0.3 is 0 Å². The molecular weight excluding hydrogens is 328 g/mol. The van der Waals surface area contributed by atoms with Gasteiger partial charge in [-0.3, -0.25) is 19.9 Å². The van der Waals surface area contributed by atoms with E-state index in [9.17, 15) is 10.1 Å². The molecule has 2 aliphatic rings. The predicted molar refractivity (Wildman–Crippen MR) is 98.7 cm³/mol. The van der Waals surface area contributed by atoms with Crippen molar-refractivity contribution in [2.45, 2.75) is 12.5 Å². The summed E-state index contributed by atoms with van der Waals surface area (Å²) in [5, 5.41) is 14.4. The molecule has 0 amide bonds. The lowest BCUT2D eigenvalue weighted by Gasteiger charge is -2.32. The van der Waals surface area contributed by atoms with Crippen molar-refractivity contribution in [1.29, 1.82) is 0 Å². The van der Waals surface area contributed by atoms with E-state index in [0.29, 0.717) is 11.6 Å². The Morgan fingerprint density at radius 3 is 2.75 bits per heavy atom. The summed E-state index contributed by atoms with van der Waals surface area (Å²) in [4.78, 5) is 15.7. The first kappa shape index (κ1) is 18.9. The maximum absolute atomic E-state index is 11.0. The minimum absolute atomic E-state index is 0. The summed E-state index contributed by atoms with van der Waals surface area (Å²) in [6.45, 7) is 7.53. The van der Waals surface area contributed by atoms with Crippen molar-refractivity contribution in [3.8, 4) is 0 Å². The highest BCUT2D eigenvalue weighted by Gasteiger charge is 2.27. The molecule has 2 fully saturated rings. The zero-order chi connectivity index (χ0) is 16.1. The number of rotatable bonds is 5. The summed E-state index contributed by atoms with van der Waals surface area (Å²) in [6.07, 6.45) is 5.14. The van der Waals surface area contributed by atoms with Crippen LogP contribution < -0.4 is 5.32 Å². The Morgan fingerprint density at radius 1 is 1.25 bits per heavy atom. The van der Waals surface area contributed by atoms with Crippen molar-refractivity contribution < 1.29 is 4.92 Å². The molecule has 1 aromatic rings. The number of nitro groups is 1. The highest BCUT2D eigenvalue weighted by atomic mass is 35.5. The number of piperazine rings is 1. The second kappa shape index (κ2) is 9.13. The lowest BCUT2D eigenvalue weighted by atomic mass is 10.1. The third kappa shape index (κ3) is 4.77. The van der Waals surface area contributed by atoms with Gasteiger partial charge in [0, 0.05) is 57.9 Å². The highest BCUT2D eigenvalue weighted by Crippen LogP contribution is 2.20. The first-order chi connectivity index (χ1) is 11.2. The van der Waals surface area contributed by atoms with E-state index >= 15 is 0 Å². The van der Waals surface area contributed by atoms with Gasteiger partial charge in [-0.05, 0) is 12.5 Å². The van der Waals surface area contributed by atoms with Gasteiger partial charge in [-0.1, -0.05) is 24.3 Å². The van der Waals surface area contributed by atoms with Crippen LogP contribution in [0.25, 0.3) is 6.08 Å². The number of nitro benzene ring substituents is 1. The summed E-state index contributed by atoms with van der Waals surface area (Å²) >= 11 is 0. The Balaban J connectivity index is 0.00000208.